The van der Waals surface area contributed by atoms with E-state index in [0.717, 1.165) is 32.2 Å². The molecule has 0 fully saturated rings. The second-order valence-electron chi connectivity index (χ2n) is 6.29. The molecule has 0 aliphatic rings. The number of aromatic hydroxyl groups is 1. The predicted octanol–water partition coefficient (Wildman–Crippen LogP) is 6.82. The number of carboxylic acid groups (broad SMARTS) is 1. The Bertz CT molecular complexity index is 1210. The van der Waals surface area contributed by atoms with E-state index in [1.54, 1.807) is 36.4 Å². The van der Waals surface area contributed by atoms with E-state index in [2.05, 4.69) is 0 Å². The lowest BCUT2D eigenvalue weighted by molar-refractivity contribution is -0.131. The van der Waals surface area contributed by atoms with Crippen molar-refractivity contribution in [1.82, 2.24) is 0 Å². The minimum atomic E-state index is -0.995. The predicted molar refractivity (Wildman–Crippen MR) is 117 cm³/mol. The summed E-state index contributed by atoms with van der Waals surface area (Å²) in [6, 6.07) is 19.8. The first kappa shape index (κ1) is 19.1. The molecule has 0 aliphatic carbocycles. The van der Waals surface area contributed by atoms with Gasteiger partial charge in [-0.05, 0) is 59.7 Å². The maximum absolute atomic E-state index is 10.7. The van der Waals surface area contributed by atoms with Gasteiger partial charge in [0.2, 0.25) is 0 Å². The summed E-state index contributed by atoms with van der Waals surface area (Å²) in [4.78, 5) is 11.6. The van der Waals surface area contributed by atoms with Crippen molar-refractivity contribution in [2.75, 3.05) is 0 Å². The zero-order valence-electron chi connectivity index (χ0n) is 15.0. The third kappa shape index (κ3) is 4.26. The minimum Gasteiger partial charge on any atom is -0.508 e. The number of halogens is 1. The maximum Gasteiger partial charge on any atom is 0.328 e. The van der Waals surface area contributed by atoms with E-state index in [1.165, 1.54) is 17.4 Å². The van der Waals surface area contributed by atoms with E-state index in [0.29, 0.717) is 16.5 Å². The van der Waals surface area contributed by atoms with Crippen LogP contribution in [0.2, 0.25) is 5.02 Å². The van der Waals surface area contributed by atoms with Gasteiger partial charge in [0.25, 0.3) is 0 Å². The van der Waals surface area contributed by atoms with Gasteiger partial charge >= 0.3 is 5.97 Å². The van der Waals surface area contributed by atoms with Crippen LogP contribution < -0.4 is 4.74 Å². The van der Waals surface area contributed by atoms with Crippen molar-refractivity contribution in [3.05, 3.63) is 83.4 Å². The molecule has 0 spiro atoms. The van der Waals surface area contributed by atoms with Crippen LogP contribution in [-0.2, 0) is 4.79 Å². The molecule has 0 saturated carbocycles. The Morgan fingerprint density at radius 2 is 1.72 bits per heavy atom. The van der Waals surface area contributed by atoms with Crippen LogP contribution in [0, 0.1) is 0 Å². The second kappa shape index (κ2) is 7.99. The molecule has 4 rings (SSSR count). The quantitative estimate of drug-likeness (QED) is 0.346. The molecule has 0 aliphatic heterocycles. The number of phenolic OH excluding ortho intramolecular Hbond substituents is 1. The Labute approximate surface area is 175 Å². The number of carbonyl (C=O) groups is 1. The summed E-state index contributed by atoms with van der Waals surface area (Å²) in [5.74, 6) is 0.523. The highest BCUT2D eigenvalue weighted by molar-refractivity contribution is 7.22. The molecule has 0 unspecified atom stereocenters. The maximum atomic E-state index is 10.7. The number of hydrogen-bond donors (Lipinski definition) is 2. The van der Waals surface area contributed by atoms with E-state index in [9.17, 15) is 9.90 Å². The van der Waals surface area contributed by atoms with E-state index in [1.807, 2.05) is 30.3 Å². The summed E-state index contributed by atoms with van der Waals surface area (Å²) in [5.41, 5.74) is 1.73. The first-order chi connectivity index (χ1) is 14.0. The SMILES string of the molecule is O=C(O)C=Cc1ccc(Oc2c(-c3ccc(Cl)cc3)sc3cc(O)ccc23)cc1. The molecule has 4 aromatic rings. The topological polar surface area (TPSA) is 66.8 Å². The lowest BCUT2D eigenvalue weighted by atomic mass is 10.1. The summed E-state index contributed by atoms with van der Waals surface area (Å²) in [6.07, 6.45) is 2.61. The number of fused-ring (bicyclic) bond motifs is 1. The average molecular weight is 423 g/mol. The Hall–Kier alpha value is -3.28. The van der Waals surface area contributed by atoms with Crippen LogP contribution in [0.4, 0.5) is 0 Å². The molecule has 1 heterocycles. The van der Waals surface area contributed by atoms with Gasteiger partial charge in [0.1, 0.15) is 11.5 Å². The zero-order valence-corrected chi connectivity index (χ0v) is 16.6. The molecule has 0 bridgehead atoms. The van der Waals surface area contributed by atoms with Crippen LogP contribution in [-0.4, -0.2) is 16.2 Å². The number of aliphatic carboxylic acids is 1. The van der Waals surface area contributed by atoms with Crippen molar-refractivity contribution in [1.29, 1.82) is 0 Å². The minimum absolute atomic E-state index is 0.197. The van der Waals surface area contributed by atoms with Crippen LogP contribution in [0.5, 0.6) is 17.2 Å². The van der Waals surface area contributed by atoms with Crippen LogP contribution in [0.25, 0.3) is 26.6 Å². The third-order valence-electron chi connectivity index (χ3n) is 4.25. The Balaban J connectivity index is 1.75. The van der Waals surface area contributed by atoms with Crippen molar-refractivity contribution in [3.63, 3.8) is 0 Å². The third-order valence-corrected chi connectivity index (χ3v) is 5.69. The van der Waals surface area contributed by atoms with Crippen LogP contribution >= 0.6 is 22.9 Å². The summed E-state index contributed by atoms with van der Waals surface area (Å²) in [5, 5.41) is 20.1. The molecule has 0 saturated heterocycles. The average Bonchev–Trinajstić information content (AvgIpc) is 3.05. The van der Waals surface area contributed by atoms with Gasteiger partial charge in [-0.3, -0.25) is 0 Å². The number of ether oxygens (including phenoxy) is 1. The number of hydrogen-bond acceptors (Lipinski definition) is 4. The van der Waals surface area contributed by atoms with E-state index < -0.39 is 5.97 Å². The van der Waals surface area contributed by atoms with Gasteiger partial charge in [0, 0.05) is 21.2 Å². The van der Waals surface area contributed by atoms with Crippen LogP contribution in [0.1, 0.15) is 5.56 Å². The molecular weight excluding hydrogens is 408 g/mol. The normalized spacial score (nSPS) is 11.2. The lowest BCUT2D eigenvalue weighted by Crippen LogP contribution is -1.87. The van der Waals surface area contributed by atoms with Crippen molar-refractivity contribution in [2.45, 2.75) is 0 Å². The molecule has 0 amide bonds. The highest BCUT2D eigenvalue weighted by Gasteiger charge is 2.17. The van der Waals surface area contributed by atoms with Gasteiger partial charge in [-0.15, -0.1) is 11.3 Å². The first-order valence-electron chi connectivity index (χ1n) is 8.70. The Morgan fingerprint density at radius 1 is 1.00 bits per heavy atom. The fraction of sp³-hybridized carbons (Fsp3) is 0. The molecule has 4 nitrogen and oxygen atoms in total. The first-order valence-corrected chi connectivity index (χ1v) is 9.89. The Morgan fingerprint density at radius 3 is 2.41 bits per heavy atom. The highest BCUT2D eigenvalue weighted by atomic mass is 35.5. The molecule has 2 N–H and O–H groups in total. The zero-order chi connectivity index (χ0) is 20.4. The number of phenols is 1. The van der Waals surface area contributed by atoms with Gasteiger partial charge in [0.15, 0.2) is 5.75 Å². The standard InChI is InChI=1S/C23H15ClO4S/c24-16-6-4-15(5-7-16)23-22(19-11-8-17(25)13-20(19)29-23)28-18-9-1-14(2-10-18)3-12-21(26)27/h1-13,25H,(H,26,27). The molecule has 0 atom stereocenters. The smallest absolute Gasteiger partial charge is 0.328 e. The number of benzene rings is 3. The number of thiophene rings is 1. The van der Waals surface area contributed by atoms with E-state index in [-0.39, 0.29) is 5.75 Å². The monoisotopic (exact) mass is 422 g/mol. The molecule has 3 aromatic carbocycles. The van der Waals surface area contributed by atoms with Gasteiger partial charge < -0.3 is 14.9 Å². The van der Waals surface area contributed by atoms with Crippen molar-refractivity contribution >= 4 is 45.1 Å². The second-order valence-corrected chi connectivity index (χ2v) is 7.78. The van der Waals surface area contributed by atoms with Crippen molar-refractivity contribution in [2.24, 2.45) is 0 Å². The fourth-order valence-electron chi connectivity index (χ4n) is 2.89. The summed E-state index contributed by atoms with van der Waals surface area (Å²) >= 11 is 7.55. The van der Waals surface area contributed by atoms with Crippen LogP contribution in [0.3, 0.4) is 0 Å². The summed E-state index contributed by atoms with van der Waals surface area (Å²) < 4.78 is 7.13. The molecule has 29 heavy (non-hydrogen) atoms. The van der Waals surface area contributed by atoms with E-state index in [4.69, 9.17) is 21.4 Å². The van der Waals surface area contributed by atoms with Gasteiger partial charge in [0.05, 0.1) is 4.88 Å². The molecule has 0 radical (unpaired) electrons. The fourth-order valence-corrected chi connectivity index (χ4v) is 4.18. The van der Waals surface area contributed by atoms with Crippen LogP contribution in [0.15, 0.2) is 72.8 Å². The summed E-state index contributed by atoms with van der Waals surface area (Å²) in [6.45, 7) is 0. The van der Waals surface area contributed by atoms with Gasteiger partial charge in [-0.1, -0.05) is 35.9 Å². The van der Waals surface area contributed by atoms with Crippen molar-refractivity contribution in [3.8, 4) is 27.7 Å². The Kier molecular flexibility index (Phi) is 5.25. The van der Waals surface area contributed by atoms with Gasteiger partial charge in [-0.2, -0.15) is 0 Å². The molecule has 6 heteroatoms. The van der Waals surface area contributed by atoms with Gasteiger partial charge in [-0.25, -0.2) is 4.79 Å². The van der Waals surface area contributed by atoms with Crippen molar-refractivity contribution < 1.29 is 19.7 Å². The molecular formula is C23H15ClO4S. The molecule has 144 valence electrons. The number of rotatable bonds is 5. The lowest BCUT2D eigenvalue weighted by Gasteiger charge is -2.09. The molecule has 1 aromatic heterocycles. The highest BCUT2D eigenvalue weighted by Crippen LogP contribution is 2.47. The van der Waals surface area contributed by atoms with E-state index >= 15 is 0 Å². The number of carboxylic acids is 1. The summed E-state index contributed by atoms with van der Waals surface area (Å²) in [7, 11) is 0. The largest absolute Gasteiger partial charge is 0.508 e.